The summed E-state index contributed by atoms with van der Waals surface area (Å²) in [6.45, 7) is 4.78. The molecule has 3 aliphatic heterocycles. The average molecular weight is 466 g/mol. The molecular formula is C21H28FN5O4S. The van der Waals surface area contributed by atoms with E-state index < -0.39 is 11.9 Å². The van der Waals surface area contributed by atoms with E-state index in [0.717, 1.165) is 19.5 Å². The van der Waals surface area contributed by atoms with Crippen molar-refractivity contribution in [1.29, 1.82) is 0 Å². The summed E-state index contributed by atoms with van der Waals surface area (Å²) in [6, 6.07) is 4.76. The Labute approximate surface area is 192 Å². The number of methoxy groups -OCH3 is 1. The van der Waals surface area contributed by atoms with Crippen LogP contribution in [-0.4, -0.2) is 99.1 Å². The Kier molecular flexibility index (Phi) is 6.95. The van der Waals surface area contributed by atoms with Crippen LogP contribution in [0.4, 0.5) is 20.6 Å². The molecule has 174 valence electrons. The molecule has 32 heavy (non-hydrogen) atoms. The summed E-state index contributed by atoms with van der Waals surface area (Å²) in [5.74, 6) is -0.474. The molecular weight excluding hydrogens is 437 g/mol. The largest absolute Gasteiger partial charge is 0.442 e. The van der Waals surface area contributed by atoms with Crippen LogP contribution in [0, 0.1) is 5.82 Å². The predicted molar refractivity (Wildman–Crippen MR) is 121 cm³/mol. The number of cyclic esters (lactones) is 1. The Bertz CT molecular complexity index is 876. The van der Waals surface area contributed by atoms with Gasteiger partial charge in [0.25, 0.3) is 0 Å². The van der Waals surface area contributed by atoms with Crippen LogP contribution in [-0.2, 0) is 14.3 Å². The number of hydrogen-bond donors (Lipinski definition) is 1. The lowest BCUT2D eigenvalue weighted by Gasteiger charge is -2.36. The second-order valence-electron chi connectivity index (χ2n) is 8.08. The number of ether oxygens (including phenoxy) is 2. The Hall–Kier alpha value is -2.66. The molecule has 11 heteroatoms. The molecule has 3 saturated heterocycles. The van der Waals surface area contributed by atoms with Gasteiger partial charge in [-0.05, 0) is 36.8 Å². The van der Waals surface area contributed by atoms with Crippen molar-refractivity contribution in [3.05, 3.63) is 24.0 Å². The molecule has 0 aromatic heterocycles. The summed E-state index contributed by atoms with van der Waals surface area (Å²) in [7, 11) is 1.49. The molecule has 0 unspecified atom stereocenters. The molecule has 0 aliphatic carbocycles. The lowest BCUT2D eigenvalue weighted by Crippen LogP contribution is -2.50. The van der Waals surface area contributed by atoms with E-state index in [2.05, 4.69) is 10.2 Å². The molecule has 4 rings (SSSR count). The second kappa shape index (κ2) is 9.86. The summed E-state index contributed by atoms with van der Waals surface area (Å²) >= 11 is 5.32. The highest BCUT2D eigenvalue weighted by atomic mass is 32.1. The molecule has 3 heterocycles. The van der Waals surface area contributed by atoms with Crippen molar-refractivity contribution >= 4 is 40.7 Å². The van der Waals surface area contributed by atoms with Crippen LogP contribution in [0.5, 0.6) is 0 Å². The van der Waals surface area contributed by atoms with E-state index in [4.69, 9.17) is 21.7 Å². The van der Waals surface area contributed by atoms with Gasteiger partial charge in [-0.15, -0.1) is 0 Å². The maximum atomic E-state index is 14.9. The number of piperazine rings is 1. The Morgan fingerprint density at radius 3 is 2.59 bits per heavy atom. The van der Waals surface area contributed by atoms with Gasteiger partial charge in [0.05, 0.1) is 24.5 Å². The third-order valence-corrected chi connectivity index (χ3v) is 6.38. The van der Waals surface area contributed by atoms with Gasteiger partial charge in [0.15, 0.2) is 5.11 Å². The maximum absolute atomic E-state index is 14.9. The van der Waals surface area contributed by atoms with Crippen molar-refractivity contribution in [3.8, 4) is 0 Å². The topological polar surface area (TPSA) is 77.6 Å². The van der Waals surface area contributed by atoms with E-state index in [1.54, 1.807) is 17.0 Å². The van der Waals surface area contributed by atoms with Crippen LogP contribution in [0.15, 0.2) is 18.2 Å². The van der Waals surface area contributed by atoms with E-state index >= 15 is 0 Å². The lowest BCUT2D eigenvalue weighted by molar-refractivity contribution is -0.135. The SMILES string of the molecule is COCC(=O)N1CCN(c2ccc(N3C[C@H](CNC(=S)N4CCC4)OC3=O)cc2F)CC1. The molecule has 3 aliphatic rings. The molecule has 0 radical (unpaired) electrons. The van der Waals surface area contributed by atoms with Gasteiger partial charge in [-0.25, -0.2) is 9.18 Å². The highest BCUT2D eigenvalue weighted by Gasteiger charge is 2.33. The summed E-state index contributed by atoms with van der Waals surface area (Å²) in [5, 5.41) is 3.81. The lowest BCUT2D eigenvalue weighted by atomic mass is 10.2. The summed E-state index contributed by atoms with van der Waals surface area (Å²) < 4.78 is 25.2. The van der Waals surface area contributed by atoms with E-state index in [1.807, 2.05) is 4.90 Å². The number of hydrogen-bond acceptors (Lipinski definition) is 6. The monoisotopic (exact) mass is 465 g/mol. The van der Waals surface area contributed by atoms with Gasteiger partial charge in [-0.1, -0.05) is 0 Å². The van der Waals surface area contributed by atoms with Gasteiger partial charge in [0.1, 0.15) is 18.5 Å². The number of benzene rings is 1. The summed E-state index contributed by atoms with van der Waals surface area (Å²) in [4.78, 5) is 31.4. The van der Waals surface area contributed by atoms with Crippen LogP contribution in [0.3, 0.4) is 0 Å². The highest BCUT2D eigenvalue weighted by Crippen LogP contribution is 2.28. The zero-order chi connectivity index (χ0) is 22.7. The van der Waals surface area contributed by atoms with Gasteiger partial charge >= 0.3 is 6.09 Å². The number of carbonyl (C=O) groups excluding carboxylic acids is 2. The predicted octanol–water partition coefficient (Wildman–Crippen LogP) is 1.03. The minimum absolute atomic E-state index is 0.0511. The first-order valence-electron chi connectivity index (χ1n) is 10.8. The minimum Gasteiger partial charge on any atom is -0.442 e. The van der Waals surface area contributed by atoms with E-state index in [0.29, 0.717) is 55.8 Å². The number of thiocarbonyl (C=S) groups is 1. The molecule has 1 aromatic carbocycles. The molecule has 1 aromatic rings. The van der Waals surface area contributed by atoms with Crippen LogP contribution in [0.1, 0.15) is 6.42 Å². The molecule has 0 saturated carbocycles. The number of halogens is 1. The first-order valence-corrected chi connectivity index (χ1v) is 11.2. The molecule has 0 bridgehead atoms. The number of likely N-dealkylation sites (tertiary alicyclic amines) is 1. The van der Waals surface area contributed by atoms with Gasteiger partial charge in [-0.3, -0.25) is 9.69 Å². The molecule has 1 atom stereocenters. The molecule has 0 spiro atoms. The fourth-order valence-electron chi connectivity index (χ4n) is 4.00. The average Bonchev–Trinajstić information content (AvgIpc) is 3.12. The minimum atomic E-state index is -0.496. The van der Waals surface area contributed by atoms with E-state index in [-0.39, 0.29) is 18.6 Å². The first kappa shape index (κ1) is 22.5. The van der Waals surface area contributed by atoms with Gasteiger partial charge in [0, 0.05) is 46.4 Å². The van der Waals surface area contributed by atoms with Crippen LogP contribution in [0.2, 0.25) is 0 Å². The summed E-state index contributed by atoms with van der Waals surface area (Å²) in [5.41, 5.74) is 0.913. The van der Waals surface area contributed by atoms with Gasteiger partial charge in [-0.2, -0.15) is 0 Å². The van der Waals surface area contributed by atoms with Gasteiger partial charge in [0.2, 0.25) is 5.91 Å². The molecule has 9 nitrogen and oxygen atoms in total. The van der Waals surface area contributed by atoms with Crippen LogP contribution >= 0.6 is 12.2 Å². The fraction of sp³-hybridized carbons (Fsp3) is 0.571. The van der Waals surface area contributed by atoms with Crippen molar-refractivity contribution in [2.75, 3.05) is 75.9 Å². The number of carbonyl (C=O) groups is 2. The van der Waals surface area contributed by atoms with Crippen molar-refractivity contribution in [3.63, 3.8) is 0 Å². The van der Waals surface area contributed by atoms with Crippen molar-refractivity contribution in [1.82, 2.24) is 15.1 Å². The smallest absolute Gasteiger partial charge is 0.414 e. The van der Waals surface area contributed by atoms with E-state index in [1.165, 1.54) is 18.1 Å². The van der Waals surface area contributed by atoms with Gasteiger partial charge < -0.3 is 29.5 Å². The maximum Gasteiger partial charge on any atom is 0.414 e. The zero-order valence-corrected chi connectivity index (χ0v) is 18.9. The Morgan fingerprint density at radius 2 is 1.97 bits per heavy atom. The number of rotatable bonds is 6. The quantitative estimate of drug-likeness (QED) is 0.625. The Morgan fingerprint density at radius 1 is 1.22 bits per heavy atom. The third kappa shape index (κ3) is 4.88. The molecule has 2 amide bonds. The van der Waals surface area contributed by atoms with Crippen molar-refractivity contribution in [2.45, 2.75) is 12.5 Å². The molecule has 1 N–H and O–H groups in total. The second-order valence-corrected chi connectivity index (χ2v) is 8.47. The highest BCUT2D eigenvalue weighted by molar-refractivity contribution is 7.80. The first-order chi connectivity index (χ1) is 15.5. The zero-order valence-electron chi connectivity index (χ0n) is 18.1. The fourth-order valence-corrected chi connectivity index (χ4v) is 4.27. The Balaban J connectivity index is 1.32. The number of amides is 2. The van der Waals surface area contributed by atoms with Crippen LogP contribution in [0.25, 0.3) is 0 Å². The number of anilines is 2. The van der Waals surface area contributed by atoms with Crippen molar-refractivity contribution in [2.24, 2.45) is 0 Å². The molecule has 3 fully saturated rings. The standard InChI is InChI=1S/C21H28FN5O4S/c1-30-14-19(28)25-9-7-24(8-10-25)18-4-3-15(11-17(18)22)27-13-16(31-21(27)29)12-23-20(32)26-5-2-6-26/h3-4,11,16H,2,5-10,12-14H2,1H3,(H,23,32)/t16-/m0/s1. The van der Waals surface area contributed by atoms with Crippen LogP contribution < -0.4 is 15.1 Å². The van der Waals surface area contributed by atoms with Crippen molar-refractivity contribution < 1.29 is 23.5 Å². The number of nitrogens with zero attached hydrogens (tertiary/aromatic N) is 4. The summed E-state index contributed by atoms with van der Waals surface area (Å²) in [6.07, 6.45) is 0.281. The normalized spacial score (nSPS) is 20.8. The number of nitrogens with one attached hydrogen (secondary N) is 1. The van der Waals surface area contributed by atoms with E-state index in [9.17, 15) is 14.0 Å². The third-order valence-electron chi connectivity index (χ3n) is 5.98.